The van der Waals surface area contributed by atoms with Crippen molar-refractivity contribution in [2.45, 2.75) is 52.4 Å². The van der Waals surface area contributed by atoms with Crippen LogP contribution in [0.25, 0.3) is 0 Å². The van der Waals surface area contributed by atoms with Crippen molar-refractivity contribution >= 4 is 23.1 Å². The highest BCUT2D eigenvalue weighted by Crippen LogP contribution is 2.32. The molecule has 0 saturated heterocycles. The zero-order valence-corrected chi connectivity index (χ0v) is 7.32. The SMILES string of the molecule is CCC(C)[C]1CCCCC1.[MgH2]. The van der Waals surface area contributed by atoms with Gasteiger partial charge in [0.15, 0.2) is 0 Å². The third-order valence-corrected chi connectivity index (χ3v) is 2.81. The van der Waals surface area contributed by atoms with E-state index in [9.17, 15) is 0 Å². The van der Waals surface area contributed by atoms with Crippen LogP contribution in [0.1, 0.15) is 52.4 Å². The molecule has 0 aromatic heterocycles. The maximum atomic E-state index is 2.38. The van der Waals surface area contributed by atoms with E-state index in [1.54, 1.807) is 0 Å². The Kier molecular flexibility index (Phi) is 6.74. The molecule has 1 saturated carbocycles. The lowest BCUT2D eigenvalue weighted by atomic mass is 9.80. The molecule has 0 heterocycles. The molecule has 0 amide bonds. The molecule has 0 N–H and O–H groups in total. The van der Waals surface area contributed by atoms with Crippen molar-refractivity contribution in [3.8, 4) is 0 Å². The van der Waals surface area contributed by atoms with Crippen molar-refractivity contribution in [3.63, 3.8) is 0 Å². The van der Waals surface area contributed by atoms with E-state index in [-0.39, 0.29) is 23.1 Å². The predicted octanol–water partition coefficient (Wildman–Crippen LogP) is 2.65. The van der Waals surface area contributed by atoms with Gasteiger partial charge in [-0.1, -0.05) is 39.5 Å². The van der Waals surface area contributed by atoms with Crippen LogP contribution in [0.2, 0.25) is 0 Å². The minimum atomic E-state index is 0. The van der Waals surface area contributed by atoms with Crippen molar-refractivity contribution < 1.29 is 0 Å². The molecule has 1 aliphatic carbocycles. The smallest absolute Gasteiger partial charge is 0.0651 e. The highest BCUT2D eigenvalue weighted by Gasteiger charge is 2.18. The molecule has 1 heteroatoms. The van der Waals surface area contributed by atoms with Gasteiger partial charge in [-0.25, -0.2) is 0 Å². The van der Waals surface area contributed by atoms with Gasteiger partial charge in [0.25, 0.3) is 0 Å². The Bertz CT molecular complexity index is 84.9. The number of hydrogen-bond acceptors (Lipinski definition) is 0. The van der Waals surface area contributed by atoms with Gasteiger partial charge < -0.3 is 0 Å². The van der Waals surface area contributed by atoms with Gasteiger partial charge in [0.05, 0.1) is 0 Å². The largest absolute Gasteiger partial charge is 0.316 e. The number of rotatable bonds is 2. The van der Waals surface area contributed by atoms with Crippen molar-refractivity contribution in [1.82, 2.24) is 0 Å². The first-order valence-corrected chi connectivity index (χ1v) is 4.69. The average molecular weight is 166 g/mol. The molecule has 1 aliphatic rings. The minimum absolute atomic E-state index is 0. The molecule has 0 bridgehead atoms. The lowest BCUT2D eigenvalue weighted by Gasteiger charge is -2.25. The predicted molar refractivity (Wildman–Crippen MR) is 54.3 cm³/mol. The van der Waals surface area contributed by atoms with Gasteiger partial charge in [0.2, 0.25) is 0 Å². The lowest BCUT2D eigenvalue weighted by molar-refractivity contribution is 0.429. The molecule has 0 spiro atoms. The Morgan fingerprint density at radius 1 is 1.18 bits per heavy atom. The summed E-state index contributed by atoms with van der Waals surface area (Å²) < 4.78 is 0. The van der Waals surface area contributed by atoms with Crippen LogP contribution < -0.4 is 0 Å². The quantitative estimate of drug-likeness (QED) is 0.552. The van der Waals surface area contributed by atoms with Gasteiger partial charge in [-0.2, -0.15) is 0 Å². The van der Waals surface area contributed by atoms with E-state index >= 15 is 0 Å². The molecule has 11 heavy (non-hydrogen) atoms. The van der Waals surface area contributed by atoms with E-state index in [2.05, 4.69) is 13.8 Å². The third-order valence-electron chi connectivity index (χ3n) is 2.81. The normalized spacial score (nSPS) is 22.4. The van der Waals surface area contributed by atoms with Gasteiger partial charge in [-0.15, -0.1) is 0 Å². The topological polar surface area (TPSA) is 0 Å². The molecule has 0 aliphatic heterocycles. The molecule has 1 unspecified atom stereocenters. The van der Waals surface area contributed by atoms with E-state index in [4.69, 9.17) is 0 Å². The van der Waals surface area contributed by atoms with Crippen LogP contribution in [0, 0.1) is 11.8 Å². The fraction of sp³-hybridized carbons (Fsp3) is 0.900. The summed E-state index contributed by atoms with van der Waals surface area (Å²) in [5.41, 5.74) is 0. The van der Waals surface area contributed by atoms with Gasteiger partial charge >= 0.3 is 23.1 Å². The zero-order valence-electron chi connectivity index (χ0n) is 7.32. The molecule has 1 atom stereocenters. The van der Waals surface area contributed by atoms with Crippen molar-refractivity contribution in [2.75, 3.05) is 0 Å². The Morgan fingerprint density at radius 2 is 1.73 bits per heavy atom. The minimum Gasteiger partial charge on any atom is -0.0651 e. The van der Waals surface area contributed by atoms with Crippen LogP contribution in [-0.2, 0) is 0 Å². The van der Waals surface area contributed by atoms with Crippen LogP contribution in [0.5, 0.6) is 0 Å². The highest BCUT2D eigenvalue weighted by atomic mass is 24.3. The van der Waals surface area contributed by atoms with E-state index in [0.29, 0.717) is 0 Å². The molecule has 0 aromatic carbocycles. The summed E-state index contributed by atoms with van der Waals surface area (Å²) in [6.45, 7) is 4.67. The first-order chi connectivity index (χ1) is 4.84. The molecule has 1 rings (SSSR count). The molecule has 1 fully saturated rings. The zero-order chi connectivity index (χ0) is 7.40. The fourth-order valence-corrected chi connectivity index (χ4v) is 1.79. The van der Waals surface area contributed by atoms with Crippen LogP contribution in [-0.4, -0.2) is 23.1 Å². The van der Waals surface area contributed by atoms with E-state index in [0.717, 1.165) is 5.92 Å². The summed E-state index contributed by atoms with van der Waals surface area (Å²) in [5, 5.41) is 0. The first kappa shape index (κ1) is 11.8. The van der Waals surface area contributed by atoms with Gasteiger partial charge in [-0.05, 0) is 24.7 Å². The Morgan fingerprint density at radius 3 is 2.18 bits per heavy atom. The monoisotopic (exact) mass is 165 g/mol. The Balaban J connectivity index is 0.000001000. The van der Waals surface area contributed by atoms with Gasteiger partial charge in [0, 0.05) is 0 Å². The van der Waals surface area contributed by atoms with Gasteiger partial charge in [0.1, 0.15) is 0 Å². The van der Waals surface area contributed by atoms with Crippen LogP contribution in [0.15, 0.2) is 0 Å². The molecular formula is C10H21Mg. The standard InChI is InChI=1S/C10H19.Mg.2H/c1-3-9(2)10-7-5-4-6-8-10;;;/h9H,3-8H2,1-2H3;;;. The average Bonchev–Trinajstić information content (AvgIpc) is 2.05. The summed E-state index contributed by atoms with van der Waals surface area (Å²) in [4.78, 5) is 0. The summed E-state index contributed by atoms with van der Waals surface area (Å²) in [7, 11) is 0. The molecule has 0 aromatic rings. The summed E-state index contributed by atoms with van der Waals surface area (Å²) in [6, 6.07) is 0. The van der Waals surface area contributed by atoms with Crippen molar-refractivity contribution in [3.05, 3.63) is 5.92 Å². The summed E-state index contributed by atoms with van der Waals surface area (Å²) in [5.74, 6) is 2.74. The van der Waals surface area contributed by atoms with Crippen molar-refractivity contribution in [2.24, 2.45) is 5.92 Å². The fourth-order valence-electron chi connectivity index (χ4n) is 1.79. The molecule has 1 radical (unpaired) electrons. The Labute approximate surface area is 87.3 Å². The number of hydrogen-bond donors (Lipinski definition) is 0. The maximum Gasteiger partial charge on any atom is 0.316 e. The molecule has 0 nitrogen and oxygen atoms in total. The maximum absolute atomic E-state index is 2.38. The second-order valence-corrected chi connectivity index (χ2v) is 3.53. The van der Waals surface area contributed by atoms with Gasteiger partial charge in [-0.3, -0.25) is 0 Å². The third kappa shape index (κ3) is 3.79. The van der Waals surface area contributed by atoms with Crippen molar-refractivity contribution in [1.29, 1.82) is 0 Å². The van der Waals surface area contributed by atoms with E-state index < -0.39 is 0 Å². The molecule has 63 valence electrons. The summed E-state index contributed by atoms with van der Waals surface area (Å²) in [6.07, 6.45) is 8.58. The van der Waals surface area contributed by atoms with E-state index in [1.165, 1.54) is 38.5 Å². The second-order valence-electron chi connectivity index (χ2n) is 3.53. The van der Waals surface area contributed by atoms with Crippen LogP contribution in [0.3, 0.4) is 0 Å². The first-order valence-electron chi connectivity index (χ1n) is 4.69. The van der Waals surface area contributed by atoms with Crippen LogP contribution in [0.4, 0.5) is 0 Å². The second kappa shape index (κ2) is 6.30. The lowest BCUT2D eigenvalue weighted by Crippen LogP contribution is -2.11. The molecular weight excluding hydrogens is 144 g/mol. The highest BCUT2D eigenvalue weighted by molar-refractivity contribution is 5.75. The summed E-state index contributed by atoms with van der Waals surface area (Å²) >= 11 is 0. The van der Waals surface area contributed by atoms with E-state index in [1.807, 2.05) is 5.92 Å². The van der Waals surface area contributed by atoms with Crippen LogP contribution >= 0.6 is 0 Å². The Hall–Kier alpha value is 0.766.